The molecule has 0 unspecified atom stereocenters. The van der Waals surface area contributed by atoms with Gasteiger partial charge in [0.2, 0.25) is 20.0 Å². The highest BCUT2D eigenvalue weighted by Gasteiger charge is 2.43. The number of piperazine rings is 1. The minimum Gasteiger partial charge on any atom is -0.489 e. The zero-order valence-corrected chi connectivity index (χ0v) is 25.7. The fourth-order valence-electron chi connectivity index (χ4n) is 4.57. The van der Waals surface area contributed by atoms with Crippen LogP contribution in [-0.2, 0) is 31.4 Å². The van der Waals surface area contributed by atoms with Crippen molar-refractivity contribution in [3.63, 3.8) is 0 Å². The molecule has 0 aromatic heterocycles. The van der Waals surface area contributed by atoms with Crippen LogP contribution in [-0.4, -0.2) is 63.2 Å². The predicted octanol–water partition coefficient (Wildman–Crippen LogP) is 4.13. The van der Waals surface area contributed by atoms with Gasteiger partial charge in [-0.05, 0) is 71.8 Å². The van der Waals surface area contributed by atoms with E-state index in [1.807, 2.05) is 12.1 Å². The van der Waals surface area contributed by atoms with Crippen LogP contribution in [0.15, 0.2) is 124 Å². The Bertz CT molecular complexity index is 1820. The summed E-state index contributed by atoms with van der Waals surface area (Å²) in [4.78, 5) is 13.5. The number of amides is 1. The molecule has 4 aromatic rings. The third-order valence-electron chi connectivity index (χ3n) is 6.91. The average Bonchev–Trinajstić information content (AvgIpc) is 3.05. The summed E-state index contributed by atoms with van der Waals surface area (Å²) in [6.45, 7) is -0.364. The number of nitrogens with zero attached hydrogens (tertiary/aromatic N) is 3. The van der Waals surface area contributed by atoms with Gasteiger partial charge in [-0.3, -0.25) is 4.79 Å². The maximum Gasteiger partial charge on any atom is 0.259 e. The van der Waals surface area contributed by atoms with Crippen molar-refractivity contribution in [2.24, 2.45) is 5.10 Å². The number of halogens is 1. The summed E-state index contributed by atoms with van der Waals surface area (Å²) >= 11 is 5.92. The SMILES string of the molecule is O=C(N/N=C\c1ccc(OCc2ccc(Cl)cc2)cc1)[C@H]1CN(S(=O)(=O)c2ccccc2)CCN1S(=O)(=O)c1ccccc1. The van der Waals surface area contributed by atoms with Gasteiger partial charge < -0.3 is 4.74 Å². The van der Waals surface area contributed by atoms with E-state index in [1.165, 1.54) is 30.5 Å². The Morgan fingerprint density at radius 1 is 0.818 bits per heavy atom. The summed E-state index contributed by atoms with van der Waals surface area (Å²) in [6.07, 6.45) is 1.40. The highest BCUT2D eigenvalue weighted by molar-refractivity contribution is 7.89. The number of carbonyl (C=O) groups excluding carboxylic acids is 1. The fraction of sp³-hybridized carbons (Fsp3) is 0.161. The van der Waals surface area contributed by atoms with Crippen molar-refractivity contribution in [2.75, 3.05) is 19.6 Å². The Morgan fingerprint density at radius 3 is 2.02 bits per heavy atom. The van der Waals surface area contributed by atoms with Gasteiger partial charge in [-0.15, -0.1) is 0 Å². The molecule has 1 saturated heterocycles. The molecule has 0 spiro atoms. The molecule has 0 saturated carbocycles. The molecule has 0 radical (unpaired) electrons. The molecular weight excluding hydrogens is 624 g/mol. The molecule has 1 N–H and O–H groups in total. The average molecular weight is 653 g/mol. The zero-order chi connectivity index (χ0) is 31.2. The molecule has 4 aromatic carbocycles. The highest BCUT2D eigenvalue weighted by atomic mass is 35.5. The lowest BCUT2D eigenvalue weighted by Crippen LogP contribution is -2.60. The summed E-state index contributed by atoms with van der Waals surface area (Å²) in [5, 5.41) is 4.66. The van der Waals surface area contributed by atoms with Gasteiger partial charge in [0.1, 0.15) is 18.4 Å². The molecular formula is C31H29ClN4O6S2. The van der Waals surface area contributed by atoms with Crippen LogP contribution in [0.1, 0.15) is 11.1 Å². The van der Waals surface area contributed by atoms with Gasteiger partial charge in [-0.2, -0.15) is 13.7 Å². The van der Waals surface area contributed by atoms with Crippen molar-refractivity contribution in [3.05, 3.63) is 125 Å². The monoisotopic (exact) mass is 652 g/mol. The van der Waals surface area contributed by atoms with Crippen molar-refractivity contribution >= 4 is 43.8 Å². The second kappa shape index (κ2) is 13.7. The molecule has 0 bridgehead atoms. The molecule has 1 amide bonds. The van der Waals surface area contributed by atoms with Crippen LogP contribution in [0.3, 0.4) is 0 Å². The lowest BCUT2D eigenvalue weighted by Gasteiger charge is -2.38. The zero-order valence-electron chi connectivity index (χ0n) is 23.4. The molecule has 1 aliphatic rings. The third kappa shape index (κ3) is 7.34. The first-order valence-corrected chi connectivity index (χ1v) is 16.8. The van der Waals surface area contributed by atoms with Crippen LogP contribution in [0.4, 0.5) is 0 Å². The minimum absolute atomic E-state index is 0.000890. The van der Waals surface area contributed by atoms with Gasteiger partial charge in [0.25, 0.3) is 5.91 Å². The number of sulfonamides is 2. The maximum absolute atomic E-state index is 13.5. The number of benzene rings is 4. The van der Waals surface area contributed by atoms with E-state index in [2.05, 4.69) is 10.5 Å². The molecule has 228 valence electrons. The van der Waals surface area contributed by atoms with Crippen molar-refractivity contribution in [2.45, 2.75) is 22.4 Å². The van der Waals surface area contributed by atoms with Gasteiger partial charge in [0, 0.05) is 24.7 Å². The number of rotatable bonds is 10. The topological polar surface area (TPSA) is 125 Å². The normalized spacial score (nSPS) is 16.5. The van der Waals surface area contributed by atoms with Gasteiger partial charge in [0.15, 0.2) is 0 Å². The van der Waals surface area contributed by atoms with E-state index in [0.717, 1.165) is 14.2 Å². The lowest BCUT2D eigenvalue weighted by molar-refractivity contribution is -0.125. The second-order valence-electron chi connectivity index (χ2n) is 9.84. The van der Waals surface area contributed by atoms with E-state index in [4.69, 9.17) is 16.3 Å². The van der Waals surface area contributed by atoms with Crippen molar-refractivity contribution in [1.82, 2.24) is 14.0 Å². The van der Waals surface area contributed by atoms with E-state index < -0.39 is 32.0 Å². The van der Waals surface area contributed by atoms with E-state index in [0.29, 0.717) is 22.9 Å². The first-order valence-electron chi connectivity index (χ1n) is 13.6. The van der Waals surface area contributed by atoms with Crippen LogP contribution in [0.5, 0.6) is 5.75 Å². The van der Waals surface area contributed by atoms with Crippen molar-refractivity contribution < 1.29 is 26.4 Å². The van der Waals surface area contributed by atoms with Crippen molar-refractivity contribution in [1.29, 1.82) is 0 Å². The summed E-state index contributed by atoms with van der Waals surface area (Å²) < 4.78 is 61.7. The number of hydrazone groups is 1. The number of nitrogens with one attached hydrogen (secondary N) is 1. The Morgan fingerprint density at radius 2 is 1.41 bits per heavy atom. The van der Waals surface area contributed by atoms with E-state index in [1.54, 1.807) is 72.8 Å². The Balaban J connectivity index is 1.29. The van der Waals surface area contributed by atoms with E-state index >= 15 is 0 Å². The largest absolute Gasteiger partial charge is 0.489 e. The van der Waals surface area contributed by atoms with E-state index in [-0.39, 0.29) is 29.4 Å². The molecule has 1 aliphatic heterocycles. The fourth-order valence-corrected chi connectivity index (χ4v) is 7.75. The first-order chi connectivity index (χ1) is 21.1. The van der Waals surface area contributed by atoms with Crippen LogP contribution in [0.25, 0.3) is 0 Å². The second-order valence-corrected chi connectivity index (χ2v) is 14.1. The molecule has 44 heavy (non-hydrogen) atoms. The summed E-state index contributed by atoms with van der Waals surface area (Å²) in [6, 6.07) is 28.4. The van der Waals surface area contributed by atoms with Crippen LogP contribution >= 0.6 is 11.6 Å². The summed E-state index contributed by atoms with van der Waals surface area (Å²) in [5.41, 5.74) is 4.00. The molecule has 1 heterocycles. The molecule has 13 heteroatoms. The molecule has 1 atom stereocenters. The summed E-state index contributed by atoms with van der Waals surface area (Å²) in [7, 11) is -8.10. The molecule has 10 nitrogen and oxygen atoms in total. The standard InChI is InChI=1S/C31H29ClN4O6S2/c32-26-15-11-25(12-16-26)23-42-27-17-13-24(14-18-27)21-33-34-31(37)30-22-35(43(38,39)28-7-3-1-4-8-28)19-20-36(30)44(40,41)29-9-5-2-6-10-29/h1-18,21,30H,19-20,22-23H2,(H,34,37)/b33-21-/t30-/m1/s1. The smallest absolute Gasteiger partial charge is 0.259 e. The number of hydrogen-bond donors (Lipinski definition) is 1. The molecule has 1 fully saturated rings. The van der Waals surface area contributed by atoms with Crippen LogP contribution in [0.2, 0.25) is 5.02 Å². The van der Waals surface area contributed by atoms with Crippen LogP contribution in [0, 0.1) is 0 Å². The molecule has 0 aliphatic carbocycles. The first kappa shape index (κ1) is 31.4. The van der Waals surface area contributed by atoms with Gasteiger partial charge in [0.05, 0.1) is 16.0 Å². The van der Waals surface area contributed by atoms with E-state index in [9.17, 15) is 21.6 Å². The van der Waals surface area contributed by atoms with Gasteiger partial charge in [-0.25, -0.2) is 22.3 Å². The molecule has 5 rings (SSSR count). The maximum atomic E-state index is 13.5. The third-order valence-corrected chi connectivity index (χ3v) is 11.0. The Kier molecular flexibility index (Phi) is 9.77. The van der Waals surface area contributed by atoms with Gasteiger partial charge in [-0.1, -0.05) is 60.1 Å². The quantitative estimate of drug-likeness (QED) is 0.203. The Labute approximate surface area is 261 Å². The predicted molar refractivity (Wildman–Crippen MR) is 167 cm³/mol. The minimum atomic E-state index is -4.12. The van der Waals surface area contributed by atoms with Crippen molar-refractivity contribution in [3.8, 4) is 5.75 Å². The lowest BCUT2D eigenvalue weighted by atomic mass is 10.2. The number of hydrogen-bond acceptors (Lipinski definition) is 7. The Hall–Kier alpha value is -4.07. The number of carbonyl (C=O) groups is 1. The van der Waals surface area contributed by atoms with Crippen LogP contribution < -0.4 is 10.2 Å². The summed E-state index contributed by atoms with van der Waals surface area (Å²) in [5.74, 6) is -0.138. The van der Waals surface area contributed by atoms with Gasteiger partial charge >= 0.3 is 0 Å². The number of ether oxygens (including phenoxy) is 1. The highest BCUT2D eigenvalue weighted by Crippen LogP contribution is 2.25.